The molecule has 0 radical (unpaired) electrons. The lowest BCUT2D eigenvalue weighted by Gasteiger charge is -2.23. The van der Waals surface area contributed by atoms with Crippen LogP contribution < -0.4 is 10.0 Å². The van der Waals surface area contributed by atoms with Crippen LogP contribution in [0.3, 0.4) is 0 Å². The summed E-state index contributed by atoms with van der Waals surface area (Å²) in [7, 11) is -0.847. The molecule has 216 valence electrons. The number of hydrogen-bond acceptors (Lipinski definition) is 8. The Kier molecular flexibility index (Phi) is 8.97. The fraction of sp³-hybridized carbons (Fsp3) is 0.462. The number of amides is 1. The van der Waals surface area contributed by atoms with Crippen LogP contribution in [0.15, 0.2) is 46.2 Å². The zero-order valence-electron chi connectivity index (χ0n) is 21.7. The van der Waals surface area contributed by atoms with E-state index in [1.807, 2.05) is 25.1 Å². The number of nitriles is 1. The van der Waals surface area contributed by atoms with Gasteiger partial charge in [0.05, 0.1) is 27.1 Å². The molecule has 2 aromatic carbocycles. The van der Waals surface area contributed by atoms with Gasteiger partial charge in [0.1, 0.15) is 11.9 Å². The third kappa shape index (κ3) is 6.06. The molecule has 1 aliphatic carbocycles. The number of fused-ring (bicyclic) bond motifs is 1. The Morgan fingerprint density at radius 3 is 2.62 bits per heavy atom. The van der Waals surface area contributed by atoms with E-state index in [4.69, 9.17) is 16.3 Å². The van der Waals surface area contributed by atoms with E-state index in [1.165, 1.54) is 23.9 Å². The smallest absolute Gasteiger partial charge is 0.292 e. The highest BCUT2D eigenvalue weighted by Crippen LogP contribution is 2.65. The van der Waals surface area contributed by atoms with Crippen LogP contribution in [0.25, 0.3) is 0 Å². The van der Waals surface area contributed by atoms with Crippen molar-refractivity contribution in [3.8, 4) is 6.07 Å². The van der Waals surface area contributed by atoms with Crippen LogP contribution in [0.5, 0.6) is 0 Å². The minimum absolute atomic E-state index is 0.0413. The molecule has 1 saturated heterocycles. The number of carbonyl (C=O) groups excluding carboxylic acids is 1. The molecule has 4 rings (SSSR count). The molecule has 2 N–H and O–H groups in total. The zero-order valence-corrected chi connectivity index (χ0v) is 24.1. The number of alkyl halides is 2. The van der Waals surface area contributed by atoms with Gasteiger partial charge in [-0.1, -0.05) is 11.6 Å². The molecule has 8 nitrogen and oxygen atoms in total. The molecular weight excluding hydrogens is 589 g/mol. The summed E-state index contributed by atoms with van der Waals surface area (Å²) in [5, 5.41) is 12.9. The summed E-state index contributed by atoms with van der Waals surface area (Å²) in [5.41, 5.74) is -2.42. The summed E-state index contributed by atoms with van der Waals surface area (Å²) < 4.78 is 74.8. The first-order valence-corrected chi connectivity index (χ1v) is 15.3. The van der Waals surface area contributed by atoms with E-state index in [0.29, 0.717) is 25.1 Å². The summed E-state index contributed by atoms with van der Waals surface area (Å²) in [4.78, 5) is 15.0. The molecule has 0 bridgehead atoms. The van der Waals surface area contributed by atoms with Crippen molar-refractivity contribution >= 4 is 45.0 Å². The van der Waals surface area contributed by atoms with Gasteiger partial charge in [-0.05, 0) is 76.3 Å². The maximum Gasteiger partial charge on any atom is 0.292 e. The molecule has 40 heavy (non-hydrogen) atoms. The van der Waals surface area contributed by atoms with Crippen molar-refractivity contribution in [2.24, 2.45) is 5.92 Å². The predicted octanol–water partition coefficient (Wildman–Crippen LogP) is 4.49. The summed E-state index contributed by atoms with van der Waals surface area (Å²) >= 11 is 7.90. The fourth-order valence-corrected chi connectivity index (χ4v) is 7.07. The third-order valence-corrected chi connectivity index (χ3v) is 9.69. The molecule has 3 atom stereocenters. The van der Waals surface area contributed by atoms with E-state index in [1.54, 1.807) is 16.9 Å². The Hall–Kier alpha value is -2.50. The Bertz CT molecular complexity index is 1420. The number of thioether (sulfide) groups is 1. The van der Waals surface area contributed by atoms with Crippen LogP contribution in [-0.2, 0) is 19.6 Å². The number of nitrogens with one attached hydrogen (secondary N) is 2. The fourth-order valence-electron chi connectivity index (χ4n) is 4.70. The summed E-state index contributed by atoms with van der Waals surface area (Å²) in [6.07, 6.45) is 1.02. The molecule has 1 amide bonds. The van der Waals surface area contributed by atoms with Crippen LogP contribution in [0.1, 0.15) is 24.8 Å². The minimum Gasteiger partial charge on any atom is -0.379 e. The van der Waals surface area contributed by atoms with Gasteiger partial charge in [0.2, 0.25) is 5.60 Å². The molecule has 1 heterocycles. The Morgan fingerprint density at radius 1 is 1.30 bits per heavy atom. The number of nitrogens with zero attached hydrogens (tertiary/aromatic N) is 2. The molecule has 0 aromatic heterocycles. The van der Waals surface area contributed by atoms with E-state index < -0.39 is 38.3 Å². The average Bonchev–Trinajstić information content (AvgIpc) is 3.43. The highest BCUT2D eigenvalue weighted by Gasteiger charge is 2.87. The second kappa shape index (κ2) is 11.8. The minimum atomic E-state index is -4.66. The molecule has 1 aliphatic heterocycles. The molecule has 2 fully saturated rings. The number of benzene rings is 2. The lowest BCUT2D eigenvalue weighted by molar-refractivity contribution is -0.144. The van der Waals surface area contributed by atoms with Crippen LogP contribution in [0, 0.1) is 23.1 Å². The van der Waals surface area contributed by atoms with Gasteiger partial charge in [0, 0.05) is 23.3 Å². The van der Waals surface area contributed by atoms with Gasteiger partial charge in [0.25, 0.3) is 21.9 Å². The van der Waals surface area contributed by atoms with Crippen molar-refractivity contribution in [3.05, 3.63) is 52.8 Å². The number of rotatable bonds is 11. The van der Waals surface area contributed by atoms with Crippen molar-refractivity contribution in [3.63, 3.8) is 0 Å². The van der Waals surface area contributed by atoms with Crippen LogP contribution >= 0.6 is 23.4 Å². The Morgan fingerprint density at radius 2 is 2.00 bits per heavy atom. The van der Waals surface area contributed by atoms with Gasteiger partial charge >= 0.3 is 0 Å². The van der Waals surface area contributed by atoms with Crippen LogP contribution in [-0.4, -0.2) is 69.8 Å². The maximum atomic E-state index is 14.4. The first-order chi connectivity index (χ1) is 18.8. The number of carbonyl (C=O) groups is 1. The Balaban J connectivity index is 1.54. The Labute approximate surface area is 240 Å². The normalized spacial score (nSPS) is 22.2. The number of halogens is 4. The molecule has 0 unspecified atom stereocenters. The standard InChI is InChI=1S/C26H28ClF3N4O4S2/c1-34(2)10-9-18(15-39-19-7-5-17(28)6-8-19)32-23-16(14-31)12-20(13-21(23)27)40(36,37)33-24(35)25-22(26(25,29)30)4-3-11-38-25/h5-8,12-13,18,22,32H,3-4,9-11,15H2,1-2H3,(H,33,35)/t18-,22+,25+/m1/s1. The summed E-state index contributed by atoms with van der Waals surface area (Å²) in [5.74, 6) is -6.13. The number of hydrogen-bond donors (Lipinski definition) is 2. The van der Waals surface area contributed by atoms with Gasteiger partial charge in [0.15, 0.2) is 0 Å². The molecular formula is C26H28ClF3N4O4S2. The van der Waals surface area contributed by atoms with Gasteiger partial charge < -0.3 is 15.0 Å². The molecule has 2 aromatic rings. The second-order valence-electron chi connectivity index (χ2n) is 9.97. The molecule has 14 heteroatoms. The van der Waals surface area contributed by atoms with Gasteiger partial charge in [-0.3, -0.25) is 4.79 Å². The number of anilines is 1. The second-order valence-corrected chi connectivity index (χ2v) is 13.2. The zero-order chi connectivity index (χ0) is 29.3. The molecule has 1 saturated carbocycles. The van der Waals surface area contributed by atoms with Gasteiger partial charge in [-0.25, -0.2) is 26.3 Å². The van der Waals surface area contributed by atoms with E-state index in [9.17, 15) is 31.6 Å². The topological polar surface area (TPSA) is 112 Å². The summed E-state index contributed by atoms with van der Waals surface area (Å²) in [6.45, 7) is 0.605. The lowest BCUT2D eigenvalue weighted by atomic mass is 10.1. The van der Waals surface area contributed by atoms with E-state index >= 15 is 0 Å². The van der Waals surface area contributed by atoms with E-state index in [2.05, 4.69) is 5.32 Å². The maximum absolute atomic E-state index is 14.4. The number of ether oxygens (including phenoxy) is 1. The number of sulfonamides is 1. The SMILES string of the molecule is CN(C)CC[C@H](CSc1ccc(F)cc1)Nc1c(Cl)cc(S(=O)(=O)NC(=O)[C@@]23OCCC[C@@H]2C3(F)F)cc1C#N. The van der Waals surface area contributed by atoms with Crippen LogP contribution in [0.4, 0.5) is 18.9 Å². The van der Waals surface area contributed by atoms with Crippen molar-refractivity contribution in [2.45, 2.75) is 46.6 Å². The van der Waals surface area contributed by atoms with Crippen molar-refractivity contribution in [1.29, 1.82) is 5.26 Å². The molecule has 0 spiro atoms. The van der Waals surface area contributed by atoms with E-state index in [0.717, 1.165) is 17.0 Å². The monoisotopic (exact) mass is 616 g/mol. The van der Waals surface area contributed by atoms with Crippen molar-refractivity contribution in [2.75, 3.05) is 38.3 Å². The van der Waals surface area contributed by atoms with Gasteiger partial charge in [-0.2, -0.15) is 5.26 Å². The lowest BCUT2D eigenvalue weighted by Crippen LogP contribution is -2.46. The van der Waals surface area contributed by atoms with Crippen molar-refractivity contribution < 1.29 is 31.1 Å². The molecule has 2 aliphatic rings. The highest BCUT2D eigenvalue weighted by atomic mass is 35.5. The highest BCUT2D eigenvalue weighted by molar-refractivity contribution is 7.99. The first-order valence-electron chi connectivity index (χ1n) is 12.4. The quantitative estimate of drug-likeness (QED) is 0.355. The third-order valence-electron chi connectivity index (χ3n) is 6.90. The van der Waals surface area contributed by atoms with Crippen LogP contribution in [0.2, 0.25) is 5.02 Å². The van der Waals surface area contributed by atoms with E-state index in [-0.39, 0.29) is 41.2 Å². The predicted molar refractivity (Wildman–Crippen MR) is 146 cm³/mol. The van der Waals surface area contributed by atoms with Gasteiger partial charge in [-0.15, -0.1) is 11.8 Å². The first kappa shape index (κ1) is 30.5. The average molecular weight is 617 g/mol. The van der Waals surface area contributed by atoms with Crippen molar-refractivity contribution in [1.82, 2.24) is 9.62 Å². The summed E-state index contributed by atoms with van der Waals surface area (Å²) in [6, 6.07) is 9.81. The largest absolute Gasteiger partial charge is 0.379 e.